The van der Waals surface area contributed by atoms with E-state index in [1.807, 2.05) is 17.5 Å². The summed E-state index contributed by atoms with van der Waals surface area (Å²) in [6.07, 6.45) is 4.28. The van der Waals surface area contributed by atoms with Crippen molar-refractivity contribution in [3.63, 3.8) is 0 Å². The van der Waals surface area contributed by atoms with Gasteiger partial charge in [0.25, 0.3) is 0 Å². The van der Waals surface area contributed by atoms with E-state index in [0.717, 1.165) is 16.3 Å². The molecule has 7 heteroatoms. The van der Waals surface area contributed by atoms with Crippen molar-refractivity contribution < 1.29 is 14.0 Å². The van der Waals surface area contributed by atoms with Crippen LogP contribution in [0.5, 0.6) is 0 Å². The number of nitrogens with zero attached hydrogens (tertiary/aromatic N) is 2. The SMILES string of the molecule is O=C(CCC(=O)c1ccc(F)cc1)NCCc1csc(-c2ccncc2)n1. The van der Waals surface area contributed by atoms with E-state index in [1.54, 1.807) is 23.7 Å². The molecule has 3 aromatic rings. The summed E-state index contributed by atoms with van der Waals surface area (Å²) in [7, 11) is 0. The van der Waals surface area contributed by atoms with E-state index in [4.69, 9.17) is 0 Å². The predicted molar refractivity (Wildman–Crippen MR) is 102 cm³/mol. The van der Waals surface area contributed by atoms with Crippen molar-refractivity contribution in [2.45, 2.75) is 19.3 Å². The number of rotatable bonds is 8. The molecule has 0 aliphatic heterocycles. The number of nitrogens with one attached hydrogen (secondary N) is 1. The van der Waals surface area contributed by atoms with E-state index in [2.05, 4.69) is 15.3 Å². The van der Waals surface area contributed by atoms with Gasteiger partial charge in [-0.2, -0.15) is 0 Å². The molecule has 0 radical (unpaired) electrons. The molecule has 1 amide bonds. The van der Waals surface area contributed by atoms with Gasteiger partial charge in [0.05, 0.1) is 5.69 Å². The van der Waals surface area contributed by atoms with Gasteiger partial charge in [-0.1, -0.05) is 0 Å². The lowest BCUT2D eigenvalue weighted by atomic mass is 10.1. The minimum absolute atomic E-state index is 0.0976. The van der Waals surface area contributed by atoms with Crippen LogP contribution < -0.4 is 5.32 Å². The van der Waals surface area contributed by atoms with Gasteiger partial charge < -0.3 is 5.32 Å². The quantitative estimate of drug-likeness (QED) is 0.603. The summed E-state index contributed by atoms with van der Waals surface area (Å²) in [5.74, 6) is -0.750. The van der Waals surface area contributed by atoms with Gasteiger partial charge in [-0.25, -0.2) is 9.37 Å². The lowest BCUT2D eigenvalue weighted by molar-refractivity contribution is -0.121. The maximum Gasteiger partial charge on any atom is 0.220 e. The van der Waals surface area contributed by atoms with Crippen molar-refractivity contribution in [1.82, 2.24) is 15.3 Å². The number of amides is 1. The predicted octanol–water partition coefficient (Wildman–Crippen LogP) is 3.67. The molecule has 2 aromatic heterocycles. The Labute approximate surface area is 160 Å². The van der Waals surface area contributed by atoms with Crippen LogP contribution in [0.25, 0.3) is 10.6 Å². The molecule has 0 atom stereocenters. The molecule has 2 heterocycles. The Morgan fingerprint density at radius 3 is 2.52 bits per heavy atom. The number of aromatic nitrogens is 2. The van der Waals surface area contributed by atoms with Gasteiger partial charge in [-0.15, -0.1) is 11.3 Å². The normalized spacial score (nSPS) is 10.6. The molecule has 27 heavy (non-hydrogen) atoms. The smallest absolute Gasteiger partial charge is 0.220 e. The Hall–Kier alpha value is -2.93. The summed E-state index contributed by atoms with van der Waals surface area (Å²) in [5, 5.41) is 5.69. The van der Waals surface area contributed by atoms with E-state index in [-0.39, 0.29) is 24.5 Å². The molecular weight excluding hydrogens is 365 g/mol. The highest BCUT2D eigenvalue weighted by Crippen LogP contribution is 2.22. The zero-order chi connectivity index (χ0) is 19.1. The first-order valence-electron chi connectivity index (χ1n) is 8.52. The van der Waals surface area contributed by atoms with Crippen LogP contribution in [0.1, 0.15) is 28.9 Å². The van der Waals surface area contributed by atoms with Crippen LogP contribution in [-0.2, 0) is 11.2 Å². The summed E-state index contributed by atoms with van der Waals surface area (Å²) in [5.41, 5.74) is 2.34. The van der Waals surface area contributed by atoms with Crippen LogP contribution >= 0.6 is 11.3 Å². The van der Waals surface area contributed by atoms with Gasteiger partial charge in [-0.3, -0.25) is 14.6 Å². The highest BCUT2D eigenvalue weighted by atomic mass is 32.1. The minimum Gasteiger partial charge on any atom is -0.356 e. The van der Waals surface area contributed by atoms with Crippen LogP contribution in [0.4, 0.5) is 4.39 Å². The van der Waals surface area contributed by atoms with E-state index in [0.29, 0.717) is 18.5 Å². The van der Waals surface area contributed by atoms with Gasteiger partial charge in [-0.05, 0) is 36.4 Å². The van der Waals surface area contributed by atoms with Crippen molar-refractivity contribution in [1.29, 1.82) is 0 Å². The molecule has 0 bridgehead atoms. The zero-order valence-electron chi connectivity index (χ0n) is 14.5. The molecular formula is C20H18FN3O2S. The molecule has 0 unspecified atom stereocenters. The summed E-state index contributed by atoms with van der Waals surface area (Å²) in [6, 6.07) is 9.14. The average Bonchev–Trinajstić information content (AvgIpc) is 3.16. The van der Waals surface area contributed by atoms with Crippen molar-refractivity contribution >= 4 is 23.0 Å². The third-order valence-corrected chi connectivity index (χ3v) is 4.87. The first-order valence-corrected chi connectivity index (χ1v) is 9.40. The summed E-state index contributed by atoms with van der Waals surface area (Å²) in [6.45, 7) is 0.461. The Morgan fingerprint density at radius 1 is 1.04 bits per heavy atom. The first-order chi connectivity index (χ1) is 13.1. The topological polar surface area (TPSA) is 72.0 Å². The monoisotopic (exact) mass is 383 g/mol. The third-order valence-electron chi connectivity index (χ3n) is 3.93. The number of Topliss-reactive ketones (excluding diaryl/α,β-unsaturated/α-hetero) is 1. The Balaban J connectivity index is 1.40. The van der Waals surface area contributed by atoms with Crippen molar-refractivity contribution in [3.8, 4) is 10.6 Å². The number of benzene rings is 1. The average molecular weight is 383 g/mol. The lowest BCUT2D eigenvalue weighted by Gasteiger charge is -2.04. The Kier molecular flexibility index (Phi) is 6.38. The number of thiazole rings is 1. The number of carbonyl (C=O) groups excluding carboxylic acids is 2. The molecule has 5 nitrogen and oxygen atoms in total. The number of pyridine rings is 1. The van der Waals surface area contributed by atoms with E-state index < -0.39 is 5.82 Å². The molecule has 0 spiro atoms. The minimum atomic E-state index is -0.390. The number of carbonyl (C=O) groups is 2. The van der Waals surface area contributed by atoms with Gasteiger partial charge in [0.1, 0.15) is 10.8 Å². The largest absolute Gasteiger partial charge is 0.356 e. The molecule has 1 N–H and O–H groups in total. The molecule has 3 rings (SSSR count). The molecule has 138 valence electrons. The van der Waals surface area contributed by atoms with Gasteiger partial charge in [0, 0.05) is 54.7 Å². The van der Waals surface area contributed by atoms with Gasteiger partial charge in [0.15, 0.2) is 5.78 Å². The molecule has 1 aromatic carbocycles. The Morgan fingerprint density at radius 2 is 1.78 bits per heavy atom. The second-order valence-corrected chi connectivity index (χ2v) is 6.77. The first kappa shape index (κ1) is 18.8. The van der Waals surface area contributed by atoms with Crippen LogP contribution in [0.15, 0.2) is 54.2 Å². The van der Waals surface area contributed by atoms with Crippen molar-refractivity contribution in [2.75, 3.05) is 6.54 Å². The maximum atomic E-state index is 12.9. The van der Waals surface area contributed by atoms with Crippen LogP contribution in [0.3, 0.4) is 0 Å². The summed E-state index contributed by atoms with van der Waals surface area (Å²) >= 11 is 1.55. The summed E-state index contributed by atoms with van der Waals surface area (Å²) < 4.78 is 12.9. The lowest BCUT2D eigenvalue weighted by Crippen LogP contribution is -2.26. The standard InChI is InChI=1S/C20H18FN3O2S/c21-16-3-1-14(2-4-16)18(25)5-6-19(26)23-12-9-17-13-27-20(24-17)15-7-10-22-11-8-15/h1-4,7-8,10-11,13H,5-6,9,12H2,(H,23,26). The van der Waals surface area contributed by atoms with Gasteiger partial charge in [0.2, 0.25) is 5.91 Å². The van der Waals surface area contributed by atoms with Crippen LogP contribution in [0, 0.1) is 5.82 Å². The Bertz CT molecular complexity index is 910. The highest BCUT2D eigenvalue weighted by molar-refractivity contribution is 7.13. The third kappa shape index (κ3) is 5.52. The highest BCUT2D eigenvalue weighted by Gasteiger charge is 2.10. The number of ketones is 1. The second kappa shape index (κ2) is 9.14. The fraction of sp³-hybridized carbons (Fsp3) is 0.200. The molecule has 0 saturated heterocycles. The molecule has 0 fully saturated rings. The fourth-order valence-corrected chi connectivity index (χ4v) is 3.33. The fourth-order valence-electron chi connectivity index (χ4n) is 2.47. The van der Waals surface area contributed by atoms with E-state index in [1.165, 1.54) is 24.3 Å². The van der Waals surface area contributed by atoms with E-state index in [9.17, 15) is 14.0 Å². The number of hydrogen-bond donors (Lipinski definition) is 1. The maximum absolute atomic E-state index is 12.9. The molecule has 0 saturated carbocycles. The van der Waals surface area contributed by atoms with Crippen molar-refractivity contribution in [3.05, 3.63) is 71.2 Å². The van der Waals surface area contributed by atoms with E-state index >= 15 is 0 Å². The molecule has 0 aliphatic rings. The summed E-state index contributed by atoms with van der Waals surface area (Å²) in [4.78, 5) is 32.4. The van der Waals surface area contributed by atoms with Gasteiger partial charge >= 0.3 is 0 Å². The number of halogens is 1. The zero-order valence-corrected chi connectivity index (χ0v) is 15.3. The molecule has 0 aliphatic carbocycles. The number of hydrogen-bond acceptors (Lipinski definition) is 5. The van der Waals surface area contributed by atoms with Crippen molar-refractivity contribution in [2.24, 2.45) is 0 Å². The van der Waals surface area contributed by atoms with Crippen LogP contribution in [0.2, 0.25) is 0 Å². The van der Waals surface area contributed by atoms with Crippen LogP contribution in [-0.4, -0.2) is 28.2 Å². The second-order valence-electron chi connectivity index (χ2n) is 5.91.